The van der Waals surface area contributed by atoms with Gasteiger partial charge in [0.05, 0.1) is 12.3 Å². The highest BCUT2D eigenvalue weighted by molar-refractivity contribution is 7.88. The largest absolute Gasteiger partial charge is 0.296 e. The Morgan fingerprint density at radius 3 is 2.80 bits per heavy atom. The first-order valence-corrected chi connectivity index (χ1v) is 4.94. The minimum absolute atomic E-state index is 0.0741. The van der Waals surface area contributed by atoms with E-state index >= 15 is 0 Å². The van der Waals surface area contributed by atoms with Gasteiger partial charge >= 0.3 is 0 Å². The molecule has 0 aromatic rings. The fraction of sp³-hybridized carbons (Fsp3) is 0.800. The molecule has 1 atom stereocenters. The number of nitrogens with one attached hydrogen (secondary N) is 1. The lowest BCUT2D eigenvalue weighted by molar-refractivity contribution is 0.581. The van der Waals surface area contributed by atoms with Crippen molar-refractivity contribution in [3.63, 3.8) is 0 Å². The van der Waals surface area contributed by atoms with Crippen LogP contribution in [0.2, 0.25) is 0 Å². The summed E-state index contributed by atoms with van der Waals surface area (Å²) in [7, 11) is -3.05. The van der Waals surface area contributed by atoms with Gasteiger partial charge in [0.1, 0.15) is 0 Å². The lowest BCUT2D eigenvalue weighted by atomic mass is 10.3. The molecule has 1 N–H and O–H groups in total. The van der Waals surface area contributed by atoms with E-state index in [0.29, 0.717) is 0 Å². The Hall–Kier alpha value is -0.420. The highest BCUT2D eigenvalue weighted by atomic mass is 32.2. The van der Waals surface area contributed by atoms with Crippen LogP contribution >= 0.6 is 0 Å². The van der Waals surface area contributed by atoms with Crippen molar-refractivity contribution in [2.75, 3.05) is 12.8 Å². The van der Waals surface area contributed by atoms with E-state index in [1.807, 2.05) is 0 Å². The molecule has 0 amide bonds. The van der Waals surface area contributed by atoms with Crippen LogP contribution in [0.25, 0.3) is 0 Å². The summed E-state index contributed by atoms with van der Waals surface area (Å²) in [6.07, 6.45) is 3.58. The molecule has 1 aliphatic rings. The van der Waals surface area contributed by atoms with E-state index in [2.05, 4.69) is 9.71 Å². The van der Waals surface area contributed by atoms with Gasteiger partial charge in [-0.05, 0) is 6.42 Å². The summed E-state index contributed by atoms with van der Waals surface area (Å²) in [5.74, 6) is 0. The highest BCUT2D eigenvalue weighted by Gasteiger charge is 2.13. The predicted octanol–water partition coefficient (Wildman–Crippen LogP) is -0.621. The normalized spacial score (nSPS) is 25.5. The third kappa shape index (κ3) is 2.45. The van der Waals surface area contributed by atoms with Crippen LogP contribution < -0.4 is 4.72 Å². The minimum atomic E-state index is -3.05. The lowest BCUT2D eigenvalue weighted by Crippen LogP contribution is -2.33. The molecular weight excluding hydrogens is 152 g/mol. The third-order valence-electron chi connectivity index (χ3n) is 1.22. The van der Waals surface area contributed by atoms with Crippen molar-refractivity contribution in [1.82, 2.24) is 4.72 Å². The first kappa shape index (κ1) is 7.68. The van der Waals surface area contributed by atoms with Crippen molar-refractivity contribution in [1.29, 1.82) is 0 Å². The molecule has 0 aromatic carbocycles. The Kier molecular flexibility index (Phi) is 2.05. The molecule has 58 valence electrons. The van der Waals surface area contributed by atoms with E-state index in [9.17, 15) is 8.42 Å². The van der Waals surface area contributed by atoms with Gasteiger partial charge in [0, 0.05) is 12.8 Å². The second kappa shape index (κ2) is 2.67. The molecule has 0 aliphatic carbocycles. The number of aliphatic imine (C=N–C) groups is 1. The Bertz CT molecular complexity index is 232. The summed E-state index contributed by atoms with van der Waals surface area (Å²) < 4.78 is 23.7. The van der Waals surface area contributed by atoms with Crippen LogP contribution in [0, 0.1) is 0 Å². The van der Waals surface area contributed by atoms with Crippen LogP contribution in [-0.2, 0) is 10.0 Å². The smallest absolute Gasteiger partial charge is 0.209 e. The zero-order valence-corrected chi connectivity index (χ0v) is 6.56. The van der Waals surface area contributed by atoms with Gasteiger partial charge in [0.15, 0.2) is 0 Å². The molecule has 4 nitrogen and oxygen atoms in total. The van der Waals surface area contributed by atoms with Gasteiger partial charge in [-0.3, -0.25) is 4.99 Å². The fourth-order valence-electron chi connectivity index (χ4n) is 0.854. The molecule has 0 bridgehead atoms. The fourth-order valence-corrected chi connectivity index (χ4v) is 1.58. The van der Waals surface area contributed by atoms with Crippen LogP contribution in [-0.4, -0.2) is 33.5 Å². The molecule has 0 spiro atoms. The molecule has 10 heavy (non-hydrogen) atoms. The molecular formula is C5H10N2O2S. The zero-order chi connectivity index (χ0) is 7.61. The summed E-state index contributed by atoms with van der Waals surface area (Å²) in [5, 5.41) is 0. The summed E-state index contributed by atoms with van der Waals surface area (Å²) in [6, 6.07) is -0.0741. The minimum Gasteiger partial charge on any atom is -0.296 e. The first-order valence-electron chi connectivity index (χ1n) is 3.05. The second-order valence-electron chi connectivity index (χ2n) is 2.34. The molecule has 0 saturated carbocycles. The number of hydrogen-bond acceptors (Lipinski definition) is 3. The summed E-state index contributed by atoms with van der Waals surface area (Å²) in [5.41, 5.74) is 0. The monoisotopic (exact) mass is 162 g/mol. The van der Waals surface area contributed by atoms with E-state index in [1.165, 1.54) is 0 Å². The Morgan fingerprint density at radius 2 is 2.40 bits per heavy atom. The molecule has 0 aromatic heterocycles. The summed E-state index contributed by atoms with van der Waals surface area (Å²) >= 11 is 0. The van der Waals surface area contributed by atoms with Gasteiger partial charge in [-0.15, -0.1) is 0 Å². The third-order valence-corrected chi connectivity index (χ3v) is 1.95. The van der Waals surface area contributed by atoms with E-state index < -0.39 is 10.0 Å². The standard InChI is InChI=1S/C5H10N2O2S/c1-10(8,9)7-5-2-3-6-4-5/h4-5,7H,2-3H2,1H3. The van der Waals surface area contributed by atoms with Gasteiger partial charge in [-0.1, -0.05) is 0 Å². The average molecular weight is 162 g/mol. The molecule has 0 fully saturated rings. The first-order chi connectivity index (χ1) is 4.58. The summed E-state index contributed by atoms with van der Waals surface area (Å²) in [4.78, 5) is 3.90. The number of rotatable bonds is 2. The number of nitrogens with zero attached hydrogens (tertiary/aromatic N) is 1. The van der Waals surface area contributed by atoms with Crippen molar-refractivity contribution < 1.29 is 8.42 Å². The number of hydrogen-bond donors (Lipinski definition) is 1. The van der Waals surface area contributed by atoms with Gasteiger partial charge < -0.3 is 0 Å². The maximum atomic E-state index is 10.6. The number of sulfonamides is 1. The van der Waals surface area contributed by atoms with Crippen molar-refractivity contribution in [3.8, 4) is 0 Å². The van der Waals surface area contributed by atoms with Crippen LogP contribution in [0.3, 0.4) is 0 Å². The lowest BCUT2D eigenvalue weighted by Gasteiger charge is -2.04. The quantitative estimate of drug-likeness (QED) is 0.588. The molecule has 5 heteroatoms. The van der Waals surface area contributed by atoms with E-state index in [4.69, 9.17) is 0 Å². The summed E-state index contributed by atoms with van der Waals surface area (Å²) in [6.45, 7) is 0.729. The average Bonchev–Trinajstić information content (AvgIpc) is 2.12. The van der Waals surface area contributed by atoms with Gasteiger partial charge in [0.2, 0.25) is 10.0 Å². The molecule has 1 unspecified atom stereocenters. The maximum absolute atomic E-state index is 10.6. The Labute approximate surface area is 60.4 Å². The van der Waals surface area contributed by atoms with E-state index in [0.717, 1.165) is 19.2 Å². The second-order valence-corrected chi connectivity index (χ2v) is 4.12. The zero-order valence-electron chi connectivity index (χ0n) is 5.74. The van der Waals surface area contributed by atoms with E-state index in [-0.39, 0.29) is 6.04 Å². The van der Waals surface area contributed by atoms with Crippen molar-refractivity contribution >= 4 is 16.2 Å². The SMILES string of the molecule is CS(=O)(=O)NC1C=NCC1. The maximum Gasteiger partial charge on any atom is 0.209 e. The molecule has 1 heterocycles. The Balaban J connectivity index is 2.47. The molecule has 1 rings (SSSR count). The van der Waals surface area contributed by atoms with E-state index in [1.54, 1.807) is 6.21 Å². The van der Waals surface area contributed by atoms with Crippen LogP contribution in [0.5, 0.6) is 0 Å². The van der Waals surface area contributed by atoms with Crippen LogP contribution in [0.15, 0.2) is 4.99 Å². The van der Waals surface area contributed by atoms with Crippen molar-refractivity contribution in [2.24, 2.45) is 4.99 Å². The van der Waals surface area contributed by atoms with Crippen LogP contribution in [0.4, 0.5) is 0 Å². The topological polar surface area (TPSA) is 58.5 Å². The van der Waals surface area contributed by atoms with Crippen LogP contribution in [0.1, 0.15) is 6.42 Å². The van der Waals surface area contributed by atoms with Crippen molar-refractivity contribution in [3.05, 3.63) is 0 Å². The highest BCUT2D eigenvalue weighted by Crippen LogP contribution is 1.98. The molecule has 0 radical (unpaired) electrons. The predicted molar refractivity (Wildman–Crippen MR) is 39.7 cm³/mol. The molecule has 0 saturated heterocycles. The van der Waals surface area contributed by atoms with Crippen molar-refractivity contribution in [2.45, 2.75) is 12.5 Å². The van der Waals surface area contributed by atoms with Gasteiger partial charge in [-0.2, -0.15) is 0 Å². The van der Waals surface area contributed by atoms with Gasteiger partial charge in [0.25, 0.3) is 0 Å². The Morgan fingerprint density at radius 1 is 1.70 bits per heavy atom. The molecule has 1 aliphatic heterocycles. The van der Waals surface area contributed by atoms with Gasteiger partial charge in [-0.25, -0.2) is 13.1 Å².